The first-order valence-corrected chi connectivity index (χ1v) is 8.11. The van der Waals surface area contributed by atoms with Crippen LogP contribution >= 0.6 is 0 Å². The minimum Gasteiger partial charge on any atom is -0.439 e. The molecule has 1 aromatic heterocycles. The number of nitrogens with zero attached hydrogens (tertiary/aromatic N) is 3. The molecule has 0 saturated carbocycles. The minimum atomic E-state index is 0.422. The van der Waals surface area contributed by atoms with E-state index in [4.69, 9.17) is 9.57 Å². The van der Waals surface area contributed by atoms with E-state index >= 15 is 0 Å². The average Bonchev–Trinajstić information content (AvgIpc) is 2.88. The molecule has 0 bridgehead atoms. The summed E-state index contributed by atoms with van der Waals surface area (Å²) < 4.78 is 7.64. The smallest absolute Gasteiger partial charge is 0.226 e. The van der Waals surface area contributed by atoms with E-state index in [-0.39, 0.29) is 0 Å². The molecule has 0 radical (unpaired) electrons. The molecule has 0 saturated heterocycles. The van der Waals surface area contributed by atoms with Crippen molar-refractivity contribution in [2.24, 2.45) is 12.2 Å². The van der Waals surface area contributed by atoms with Gasteiger partial charge in [-0.2, -0.15) is 5.10 Å². The normalized spacial score (nSPS) is 11.0. The van der Waals surface area contributed by atoms with Crippen molar-refractivity contribution in [2.45, 2.75) is 20.5 Å². The fourth-order valence-electron chi connectivity index (χ4n) is 2.41. The maximum Gasteiger partial charge on any atom is 0.226 e. The third-order valence-electron chi connectivity index (χ3n) is 3.78. The van der Waals surface area contributed by atoms with Gasteiger partial charge in [0.1, 0.15) is 12.4 Å². The van der Waals surface area contributed by atoms with Crippen molar-refractivity contribution in [2.75, 3.05) is 0 Å². The van der Waals surface area contributed by atoms with Crippen LogP contribution in [0.1, 0.15) is 22.4 Å². The summed E-state index contributed by atoms with van der Waals surface area (Å²) in [6, 6.07) is 17.8. The largest absolute Gasteiger partial charge is 0.439 e. The lowest BCUT2D eigenvalue weighted by atomic mass is 10.2. The maximum absolute atomic E-state index is 5.94. The van der Waals surface area contributed by atoms with Gasteiger partial charge in [0.05, 0.1) is 17.5 Å². The van der Waals surface area contributed by atoms with Crippen LogP contribution in [0.5, 0.6) is 11.6 Å². The Balaban J connectivity index is 1.70. The topological polar surface area (TPSA) is 48.6 Å². The predicted molar refractivity (Wildman–Crippen MR) is 98.0 cm³/mol. The number of benzene rings is 2. The first-order valence-electron chi connectivity index (χ1n) is 8.11. The van der Waals surface area contributed by atoms with Crippen LogP contribution in [-0.2, 0) is 18.5 Å². The van der Waals surface area contributed by atoms with Gasteiger partial charge in [-0.25, -0.2) is 4.68 Å². The van der Waals surface area contributed by atoms with Crippen LogP contribution in [0.2, 0.25) is 0 Å². The lowest BCUT2D eigenvalue weighted by molar-refractivity contribution is 0.132. The van der Waals surface area contributed by atoms with E-state index in [2.05, 4.69) is 29.3 Å². The van der Waals surface area contributed by atoms with Gasteiger partial charge in [0, 0.05) is 7.05 Å². The van der Waals surface area contributed by atoms with Crippen LogP contribution in [0.15, 0.2) is 59.8 Å². The summed E-state index contributed by atoms with van der Waals surface area (Å²) in [5.41, 5.74) is 3.93. The van der Waals surface area contributed by atoms with E-state index in [1.165, 1.54) is 5.56 Å². The Bertz CT molecular complexity index is 853. The molecular weight excluding hydrogens is 314 g/mol. The SMILES string of the molecule is Cc1ccc(CO/N=C/c2c(C)nn(C)c2Oc2ccccc2)cc1. The van der Waals surface area contributed by atoms with Crippen LogP contribution in [0.4, 0.5) is 0 Å². The summed E-state index contributed by atoms with van der Waals surface area (Å²) in [5.74, 6) is 1.38. The lowest BCUT2D eigenvalue weighted by Crippen LogP contribution is -1.97. The van der Waals surface area contributed by atoms with E-state index in [1.54, 1.807) is 10.9 Å². The molecule has 1 heterocycles. The molecule has 0 atom stereocenters. The molecule has 0 N–H and O–H groups in total. The van der Waals surface area contributed by atoms with Gasteiger partial charge in [-0.1, -0.05) is 53.2 Å². The molecule has 2 aromatic carbocycles. The van der Waals surface area contributed by atoms with Crippen LogP contribution in [-0.4, -0.2) is 16.0 Å². The highest BCUT2D eigenvalue weighted by Crippen LogP contribution is 2.25. The number of ether oxygens (including phenoxy) is 1. The third kappa shape index (κ3) is 4.26. The molecule has 25 heavy (non-hydrogen) atoms. The Morgan fingerprint density at radius 1 is 1.04 bits per heavy atom. The highest BCUT2D eigenvalue weighted by Gasteiger charge is 2.14. The number of aryl methyl sites for hydroxylation is 3. The second kappa shape index (κ2) is 7.66. The van der Waals surface area contributed by atoms with Crippen LogP contribution in [0.3, 0.4) is 0 Å². The second-order valence-corrected chi connectivity index (χ2v) is 5.84. The Morgan fingerprint density at radius 3 is 2.48 bits per heavy atom. The number of para-hydroxylation sites is 1. The number of aromatic nitrogens is 2. The predicted octanol–water partition coefficient (Wildman–Crippen LogP) is 4.38. The van der Waals surface area contributed by atoms with Crippen LogP contribution in [0.25, 0.3) is 0 Å². The summed E-state index contributed by atoms with van der Waals surface area (Å²) in [5, 5.41) is 8.48. The zero-order valence-corrected chi connectivity index (χ0v) is 14.6. The number of oxime groups is 1. The summed E-state index contributed by atoms with van der Waals surface area (Å²) in [4.78, 5) is 5.41. The summed E-state index contributed by atoms with van der Waals surface area (Å²) in [6.45, 7) is 4.40. The summed E-state index contributed by atoms with van der Waals surface area (Å²) in [7, 11) is 1.84. The molecule has 0 unspecified atom stereocenters. The van der Waals surface area contributed by atoms with Crippen LogP contribution < -0.4 is 4.74 Å². The minimum absolute atomic E-state index is 0.422. The van der Waals surface area contributed by atoms with Crippen molar-refractivity contribution in [3.05, 3.63) is 77.0 Å². The zero-order valence-electron chi connectivity index (χ0n) is 14.6. The summed E-state index contributed by atoms with van der Waals surface area (Å²) in [6.07, 6.45) is 1.65. The van der Waals surface area contributed by atoms with Crippen molar-refractivity contribution < 1.29 is 9.57 Å². The van der Waals surface area contributed by atoms with E-state index in [9.17, 15) is 0 Å². The molecule has 0 amide bonds. The third-order valence-corrected chi connectivity index (χ3v) is 3.78. The van der Waals surface area contributed by atoms with Crippen molar-refractivity contribution in [3.63, 3.8) is 0 Å². The molecule has 3 rings (SSSR count). The molecule has 3 aromatic rings. The van der Waals surface area contributed by atoms with Gasteiger partial charge >= 0.3 is 0 Å². The fourth-order valence-corrected chi connectivity index (χ4v) is 2.41. The molecule has 0 aliphatic heterocycles. The van der Waals surface area contributed by atoms with Crippen LogP contribution in [0, 0.1) is 13.8 Å². The average molecular weight is 335 g/mol. The molecular formula is C20H21N3O2. The zero-order chi connectivity index (χ0) is 17.6. The first-order chi connectivity index (χ1) is 12.1. The Labute approximate surface area is 147 Å². The number of rotatable bonds is 6. The van der Waals surface area contributed by atoms with Crippen molar-refractivity contribution in [1.29, 1.82) is 0 Å². The quantitative estimate of drug-likeness (QED) is 0.496. The van der Waals surface area contributed by atoms with E-state index in [1.807, 2.05) is 56.4 Å². The highest BCUT2D eigenvalue weighted by atomic mass is 16.6. The standard InChI is InChI=1S/C20H21N3O2/c1-15-9-11-17(12-10-15)14-24-21-13-19-16(2)22-23(3)20(19)25-18-7-5-4-6-8-18/h4-13H,14H2,1-3H3/b21-13+. The van der Waals surface area contributed by atoms with E-state index < -0.39 is 0 Å². The second-order valence-electron chi connectivity index (χ2n) is 5.84. The Kier molecular flexibility index (Phi) is 5.14. The molecule has 5 nitrogen and oxygen atoms in total. The van der Waals surface area contributed by atoms with E-state index in [0.717, 1.165) is 22.6 Å². The van der Waals surface area contributed by atoms with Gasteiger partial charge in [0.2, 0.25) is 5.88 Å². The fraction of sp³-hybridized carbons (Fsp3) is 0.200. The van der Waals surface area contributed by atoms with Crippen molar-refractivity contribution in [3.8, 4) is 11.6 Å². The number of hydrogen-bond donors (Lipinski definition) is 0. The van der Waals surface area contributed by atoms with Gasteiger partial charge < -0.3 is 9.57 Å². The Hall–Kier alpha value is -3.08. The highest BCUT2D eigenvalue weighted by molar-refractivity contribution is 5.84. The van der Waals surface area contributed by atoms with E-state index in [0.29, 0.717) is 12.5 Å². The molecule has 0 aliphatic carbocycles. The first kappa shape index (κ1) is 16.8. The Morgan fingerprint density at radius 2 is 1.76 bits per heavy atom. The maximum atomic E-state index is 5.94. The van der Waals surface area contributed by atoms with Gasteiger partial charge in [0.15, 0.2) is 0 Å². The van der Waals surface area contributed by atoms with Gasteiger partial charge in [0.25, 0.3) is 0 Å². The van der Waals surface area contributed by atoms with Gasteiger partial charge in [-0.05, 0) is 31.5 Å². The molecule has 0 aliphatic rings. The van der Waals surface area contributed by atoms with Crippen molar-refractivity contribution >= 4 is 6.21 Å². The van der Waals surface area contributed by atoms with Crippen molar-refractivity contribution in [1.82, 2.24) is 9.78 Å². The number of hydrogen-bond acceptors (Lipinski definition) is 4. The van der Waals surface area contributed by atoms with Gasteiger partial charge in [-0.3, -0.25) is 0 Å². The molecule has 0 fully saturated rings. The molecule has 5 heteroatoms. The van der Waals surface area contributed by atoms with Gasteiger partial charge in [-0.15, -0.1) is 0 Å². The lowest BCUT2D eigenvalue weighted by Gasteiger charge is -2.06. The summed E-state index contributed by atoms with van der Waals surface area (Å²) >= 11 is 0. The monoisotopic (exact) mass is 335 g/mol. The molecule has 0 spiro atoms. The molecule has 128 valence electrons.